The Hall–Kier alpha value is -0.0400. The molecule has 1 saturated heterocycles. The molecule has 23 heavy (non-hydrogen) atoms. The van der Waals surface area contributed by atoms with Gasteiger partial charge in [0.05, 0.1) is 0 Å². The zero-order valence-corrected chi connectivity index (χ0v) is 16.3. The van der Waals surface area contributed by atoms with Gasteiger partial charge in [0.15, 0.2) is 0 Å². The van der Waals surface area contributed by atoms with Crippen molar-refractivity contribution in [1.29, 1.82) is 0 Å². The van der Waals surface area contributed by atoms with Gasteiger partial charge in [-0.15, -0.1) is 0 Å². The first kappa shape index (κ1) is 17.8. The van der Waals surface area contributed by atoms with Crippen LogP contribution in [0.4, 0.5) is 0 Å². The van der Waals surface area contributed by atoms with E-state index in [1.807, 2.05) is 0 Å². The predicted octanol–water partition coefficient (Wildman–Crippen LogP) is 5.84. The van der Waals surface area contributed by atoms with Crippen molar-refractivity contribution in [2.24, 2.45) is 41.4 Å². The summed E-state index contributed by atoms with van der Waals surface area (Å²) in [4.78, 5) is 2.78. The molecule has 0 aromatic carbocycles. The van der Waals surface area contributed by atoms with Gasteiger partial charge in [0.25, 0.3) is 0 Å². The number of piperidine rings is 1. The van der Waals surface area contributed by atoms with Crippen molar-refractivity contribution in [2.45, 2.75) is 79.1 Å². The average Bonchev–Trinajstić information content (AvgIpc) is 2.46. The van der Waals surface area contributed by atoms with E-state index in [4.69, 9.17) is 0 Å². The van der Waals surface area contributed by atoms with Crippen LogP contribution in [-0.4, -0.2) is 24.5 Å². The topological polar surface area (TPSA) is 3.24 Å². The molecule has 3 aliphatic rings. The Kier molecular flexibility index (Phi) is 6.10. The summed E-state index contributed by atoms with van der Waals surface area (Å²) in [6.07, 6.45) is 12.2. The summed E-state index contributed by atoms with van der Waals surface area (Å²) in [5.74, 6) is 6.95. The first-order valence-electron chi connectivity index (χ1n) is 10.7. The highest BCUT2D eigenvalue weighted by Crippen LogP contribution is 2.45. The third kappa shape index (κ3) is 4.97. The first-order chi connectivity index (χ1) is 11.0. The van der Waals surface area contributed by atoms with Crippen molar-refractivity contribution in [3.63, 3.8) is 0 Å². The standard InChI is InChI=1S/C22H41N/c1-16-5-7-22-12-20(6-8-21(22)11-16)10-19(4)15-23-13-17(2)9-18(3)14-23/h16-22H,5-15H2,1-4H3. The fraction of sp³-hybridized carbons (Fsp3) is 1.00. The summed E-state index contributed by atoms with van der Waals surface area (Å²) >= 11 is 0. The van der Waals surface area contributed by atoms with E-state index >= 15 is 0 Å². The van der Waals surface area contributed by atoms with Gasteiger partial charge in [0.1, 0.15) is 0 Å². The lowest BCUT2D eigenvalue weighted by Crippen LogP contribution is -2.41. The van der Waals surface area contributed by atoms with E-state index in [-0.39, 0.29) is 0 Å². The van der Waals surface area contributed by atoms with Gasteiger partial charge < -0.3 is 4.90 Å². The average molecular weight is 320 g/mol. The smallest absolute Gasteiger partial charge is 0.000735 e. The second-order valence-corrected chi connectivity index (χ2v) is 10.1. The van der Waals surface area contributed by atoms with E-state index in [2.05, 4.69) is 32.6 Å². The van der Waals surface area contributed by atoms with Crippen molar-refractivity contribution in [3.8, 4) is 0 Å². The van der Waals surface area contributed by atoms with Crippen LogP contribution in [0.1, 0.15) is 79.1 Å². The molecule has 0 radical (unpaired) electrons. The van der Waals surface area contributed by atoms with E-state index in [1.165, 1.54) is 58.2 Å². The van der Waals surface area contributed by atoms with Crippen molar-refractivity contribution in [2.75, 3.05) is 19.6 Å². The molecule has 1 aliphatic heterocycles. The molecule has 0 N–H and O–H groups in total. The zero-order chi connectivity index (χ0) is 16.4. The Morgan fingerprint density at radius 3 is 2.17 bits per heavy atom. The van der Waals surface area contributed by atoms with Crippen LogP contribution in [0.2, 0.25) is 0 Å². The lowest BCUT2D eigenvalue weighted by molar-refractivity contribution is 0.0822. The molecule has 1 heterocycles. The van der Waals surface area contributed by atoms with Gasteiger partial charge in [0.2, 0.25) is 0 Å². The summed E-state index contributed by atoms with van der Waals surface area (Å²) in [6.45, 7) is 13.9. The van der Waals surface area contributed by atoms with Crippen LogP contribution in [0.3, 0.4) is 0 Å². The zero-order valence-electron chi connectivity index (χ0n) is 16.3. The Morgan fingerprint density at radius 1 is 0.783 bits per heavy atom. The monoisotopic (exact) mass is 319 g/mol. The van der Waals surface area contributed by atoms with Gasteiger partial charge in [-0.05, 0) is 80.0 Å². The summed E-state index contributed by atoms with van der Waals surface area (Å²) in [7, 11) is 0. The van der Waals surface area contributed by atoms with Gasteiger partial charge in [-0.1, -0.05) is 40.5 Å². The third-order valence-corrected chi connectivity index (χ3v) is 7.23. The highest BCUT2D eigenvalue weighted by atomic mass is 15.1. The molecule has 0 amide bonds. The Morgan fingerprint density at radius 2 is 1.43 bits per heavy atom. The maximum absolute atomic E-state index is 2.78. The molecule has 1 heteroatoms. The summed E-state index contributed by atoms with van der Waals surface area (Å²) in [5, 5.41) is 0. The minimum Gasteiger partial charge on any atom is -0.303 e. The second kappa shape index (κ2) is 7.89. The molecule has 0 spiro atoms. The number of fused-ring (bicyclic) bond motifs is 1. The van der Waals surface area contributed by atoms with Crippen molar-refractivity contribution >= 4 is 0 Å². The van der Waals surface area contributed by atoms with Gasteiger partial charge in [-0.2, -0.15) is 0 Å². The number of rotatable bonds is 4. The maximum Gasteiger partial charge on any atom is 0.000735 e. The van der Waals surface area contributed by atoms with Crippen molar-refractivity contribution in [3.05, 3.63) is 0 Å². The molecule has 3 fully saturated rings. The Balaban J connectivity index is 1.42. The Labute approximate surface area is 145 Å². The van der Waals surface area contributed by atoms with Gasteiger partial charge in [-0.25, -0.2) is 0 Å². The van der Waals surface area contributed by atoms with E-state index in [0.717, 1.165) is 41.4 Å². The summed E-state index contributed by atoms with van der Waals surface area (Å²) in [5.41, 5.74) is 0. The Bertz CT molecular complexity index is 355. The van der Waals surface area contributed by atoms with Gasteiger partial charge in [-0.3, -0.25) is 0 Å². The summed E-state index contributed by atoms with van der Waals surface area (Å²) < 4.78 is 0. The van der Waals surface area contributed by atoms with Crippen LogP contribution in [0.15, 0.2) is 0 Å². The lowest BCUT2D eigenvalue weighted by Gasteiger charge is -2.42. The highest BCUT2D eigenvalue weighted by Gasteiger charge is 2.34. The largest absolute Gasteiger partial charge is 0.303 e. The van der Waals surface area contributed by atoms with Crippen LogP contribution in [0.25, 0.3) is 0 Å². The van der Waals surface area contributed by atoms with Crippen LogP contribution in [-0.2, 0) is 0 Å². The number of hydrogen-bond donors (Lipinski definition) is 0. The molecule has 1 nitrogen and oxygen atoms in total. The normalized spacial score (nSPS) is 43.8. The number of likely N-dealkylation sites (tertiary alicyclic amines) is 1. The second-order valence-electron chi connectivity index (χ2n) is 10.1. The molecule has 2 aliphatic carbocycles. The van der Waals surface area contributed by atoms with Gasteiger partial charge in [0, 0.05) is 19.6 Å². The van der Waals surface area contributed by atoms with E-state index in [9.17, 15) is 0 Å². The maximum atomic E-state index is 2.78. The van der Waals surface area contributed by atoms with Crippen LogP contribution >= 0.6 is 0 Å². The molecule has 0 aromatic rings. The molecule has 2 saturated carbocycles. The molecule has 7 atom stereocenters. The van der Waals surface area contributed by atoms with E-state index in [0.29, 0.717) is 0 Å². The SMILES string of the molecule is CC1CCC2CC(CC(C)CN3CC(C)CC(C)C3)CCC2C1. The summed E-state index contributed by atoms with van der Waals surface area (Å²) in [6, 6.07) is 0. The fourth-order valence-corrected chi connectivity index (χ4v) is 6.46. The van der Waals surface area contributed by atoms with E-state index < -0.39 is 0 Å². The molecule has 134 valence electrons. The first-order valence-corrected chi connectivity index (χ1v) is 10.7. The fourth-order valence-electron chi connectivity index (χ4n) is 6.46. The highest BCUT2D eigenvalue weighted by molar-refractivity contribution is 4.86. The van der Waals surface area contributed by atoms with Crippen LogP contribution < -0.4 is 0 Å². The number of hydrogen-bond acceptors (Lipinski definition) is 1. The predicted molar refractivity (Wildman–Crippen MR) is 101 cm³/mol. The molecular formula is C22H41N. The van der Waals surface area contributed by atoms with Crippen LogP contribution in [0, 0.1) is 41.4 Å². The number of nitrogens with zero attached hydrogens (tertiary/aromatic N) is 1. The third-order valence-electron chi connectivity index (χ3n) is 7.23. The molecule has 7 unspecified atom stereocenters. The quantitative estimate of drug-likeness (QED) is 0.629. The molecule has 3 rings (SSSR count). The molecule has 0 bridgehead atoms. The van der Waals surface area contributed by atoms with Crippen molar-refractivity contribution < 1.29 is 0 Å². The molecule has 0 aromatic heterocycles. The van der Waals surface area contributed by atoms with Gasteiger partial charge >= 0.3 is 0 Å². The van der Waals surface area contributed by atoms with E-state index in [1.54, 1.807) is 12.8 Å². The van der Waals surface area contributed by atoms with Crippen molar-refractivity contribution in [1.82, 2.24) is 4.90 Å². The minimum atomic E-state index is 0.900. The minimum absolute atomic E-state index is 0.900. The lowest BCUT2D eigenvalue weighted by atomic mass is 9.64. The van der Waals surface area contributed by atoms with Crippen LogP contribution in [0.5, 0.6) is 0 Å². The molecular weight excluding hydrogens is 278 g/mol.